The number of ether oxygens (including phenoxy) is 1. The highest BCUT2D eigenvalue weighted by atomic mass is 16.5. The number of benzene rings is 1. The van der Waals surface area contributed by atoms with Crippen molar-refractivity contribution in [2.75, 3.05) is 5.32 Å². The molecule has 3 aromatic rings. The summed E-state index contributed by atoms with van der Waals surface area (Å²) in [6.45, 7) is 2.00. The lowest BCUT2D eigenvalue weighted by Gasteiger charge is -2.22. The zero-order valence-corrected chi connectivity index (χ0v) is 15.9. The number of hydrogen-bond acceptors (Lipinski definition) is 5. The van der Waals surface area contributed by atoms with Gasteiger partial charge in [0.25, 0.3) is 0 Å². The summed E-state index contributed by atoms with van der Waals surface area (Å²) in [5.74, 6) is -0.326. The average Bonchev–Trinajstić information content (AvgIpc) is 3.19. The summed E-state index contributed by atoms with van der Waals surface area (Å²) in [5.41, 5.74) is 3.73. The quantitative estimate of drug-likeness (QED) is 0.592. The van der Waals surface area contributed by atoms with E-state index in [0.29, 0.717) is 23.7 Å². The molecule has 2 heterocycles. The lowest BCUT2D eigenvalue weighted by molar-refractivity contribution is -0.136. The number of aryl methyl sites for hydroxylation is 2. The number of amides is 2. The van der Waals surface area contributed by atoms with Gasteiger partial charge in [0.05, 0.1) is 18.1 Å². The number of nitrogens with one attached hydrogen (secondary N) is 3. The molecule has 2 amide bonds. The lowest BCUT2D eigenvalue weighted by atomic mass is 9.94. The van der Waals surface area contributed by atoms with Crippen molar-refractivity contribution in [1.29, 1.82) is 0 Å². The van der Waals surface area contributed by atoms with Crippen LogP contribution in [0.1, 0.15) is 23.2 Å². The summed E-state index contributed by atoms with van der Waals surface area (Å²) >= 11 is 0. The summed E-state index contributed by atoms with van der Waals surface area (Å²) in [4.78, 5) is 28.6. The van der Waals surface area contributed by atoms with Crippen LogP contribution < -0.4 is 15.4 Å². The SMILES string of the molecule is Cc1ccc(Oc2ccc(NC(=O)C(=O)N[C@@H]3CCc4cn[nH]c4C3)cn2)cc1. The Morgan fingerprint density at radius 2 is 1.93 bits per heavy atom. The number of aromatic nitrogens is 3. The molecule has 0 aliphatic heterocycles. The van der Waals surface area contributed by atoms with E-state index in [2.05, 4.69) is 25.8 Å². The molecule has 3 N–H and O–H groups in total. The van der Waals surface area contributed by atoms with Crippen molar-refractivity contribution in [3.63, 3.8) is 0 Å². The molecule has 4 rings (SSSR count). The molecule has 1 atom stereocenters. The van der Waals surface area contributed by atoms with Crippen LogP contribution in [0.15, 0.2) is 48.8 Å². The van der Waals surface area contributed by atoms with E-state index in [4.69, 9.17) is 4.74 Å². The van der Waals surface area contributed by atoms with Crippen LogP contribution in [-0.2, 0) is 22.4 Å². The molecular formula is C21H21N5O3. The van der Waals surface area contributed by atoms with E-state index in [-0.39, 0.29) is 6.04 Å². The molecule has 0 radical (unpaired) electrons. The zero-order chi connectivity index (χ0) is 20.2. The lowest BCUT2D eigenvalue weighted by Crippen LogP contribution is -2.44. The van der Waals surface area contributed by atoms with Gasteiger partial charge in [-0.3, -0.25) is 14.7 Å². The minimum Gasteiger partial charge on any atom is -0.439 e. The van der Waals surface area contributed by atoms with Crippen molar-refractivity contribution in [3.8, 4) is 11.6 Å². The van der Waals surface area contributed by atoms with Gasteiger partial charge in [0.15, 0.2) is 0 Å². The van der Waals surface area contributed by atoms with Crippen molar-refractivity contribution in [2.24, 2.45) is 0 Å². The number of carbonyl (C=O) groups excluding carboxylic acids is 2. The van der Waals surface area contributed by atoms with E-state index in [0.717, 1.165) is 24.1 Å². The first-order chi connectivity index (χ1) is 14.1. The molecule has 0 bridgehead atoms. The molecule has 8 heteroatoms. The number of hydrogen-bond donors (Lipinski definition) is 3. The highest BCUT2D eigenvalue weighted by molar-refractivity contribution is 6.39. The summed E-state index contributed by atoms with van der Waals surface area (Å²) in [6.07, 6.45) is 5.50. The van der Waals surface area contributed by atoms with Crippen LogP contribution in [0.25, 0.3) is 0 Å². The first kappa shape index (κ1) is 18.7. The van der Waals surface area contributed by atoms with E-state index in [1.54, 1.807) is 18.3 Å². The largest absolute Gasteiger partial charge is 0.439 e. The van der Waals surface area contributed by atoms with E-state index in [9.17, 15) is 9.59 Å². The predicted molar refractivity (Wildman–Crippen MR) is 107 cm³/mol. The van der Waals surface area contributed by atoms with Gasteiger partial charge in [-0.1, -0.05) is 17.7 Å². The Bertz CT molecular complexity index is 1010. The van der Waals surface area contributed by atoms with E-state index in [1.807, 2.05) is 31.2 Å². The van der Waals surface area contributed by atoms with Gasteiger partial charge in [0, 0.05) is 24.2 Å². The second-order valence-electron chi connectivity index (χ2n) is 7.04. The molecule has 0 saturated carbocycles. The van der Waals surface area contributed by atoms with Crippen molar-refractivity contribution in [3.05, 3.63) is 65.6 Å². The minimum atomic E-state index is -0.727. The molecule has 1 aromatic carbocycles. The van der Waals surface area contributed by atoms with Gasteiger partial charge in [-0.2, -0.15) is 5.10 Å². The van der Waals surface area contributed by atoms with Gasteiger partial charge in [-0.05, 0) is 43.5 Å². The zero-order valence-electron chi connectivity index (χ0n) is 15.9. The van der Waals surface area contributed by atoms with Gasteiger partial charge in [0.2, 0.25) is 5.88 Å². The monoisotopic (exact) mass is 391 g/mol. The second kappa shape index (κ2) is 8.14. The molecule has 0 saturated heterocycles. The smallest absolute Gasteiger partial charge is 0.313 e. The molecule has 1 aliphatic rings. The van der Waals surface area contributed by atoms with Crippen LogP contribution in [0.4, 0.5) is 5.69 Å². The first-order valence-electron chi connectivity index (χ1n) is 9.40. The Morgan fingerprint density at radius 1 is 1.10 bits per heavy atom. The highest BCUT2D eigenvalue weighted by Gasteiger charge is 2.24. The van der Waals surface area contributed by atoms with Gasteiger partial charge in [0.1, 0.15) is 5.75 Å². The topological polar surface area (TPSA) is 109 Å². The standard InChI is InChI=1S/C21H21N5O3/c1-13-2-7-17(8-3-13)29-19-9-6-16(12-22-19)25-21(28)20(27)24-15-5-4-14-11-23-26-18(14)10-15/h2-3,6-9,11-12,15H,4-5,10H2,1H3,(H,23,26)(H,24,27)(H,25,28)/t15-/m1/s1. The summed E-state index contributed by atoms with van der Waals surface area (Å²) in [7, 11) is 0. The number of H-pyrrole nitrogens is 1. The number of nitrogens with zero attached hydrogens (tertiary/aromatic N) is 2. The Hall–Kier alpha value is -3.68. The van der Waals surface area contributed by atoms with Crippen molar-refractivity contribution >= 4 is 17.5 Å². The van der Waals surface area contributed by atoms with E-state index < -0.39 is 11.8 Å². The van der Waals surface area contributed by atoms with Crippen LogP contribution in [0.5, 0.6) is 11.6 Å². The Kier molecular flexibility index (Phi) is 5.24. The number of anilines is 1. The third-order valence-electron chi connectivity index (χ3n) is 4.80. The molecule has 2 aromatic heterocycles. The Labute approximate surface area is 167 Å². The predicted octanol–water partition coefficient (Wildman–Crippen LogP) is 2.52. The fourth-order valence-corrected chi connectivity index (χ4v) is 3.21. The van der Waals surface area contributed by atoms with Gasteiger partial charge in [-0.15, -0.1) is 0 Å². The first-order valence-corrected chi connectivity index (χ1v) is 9.40. The molecule has 0 spiro atoms. The molecule has 8 nitrogen and oxygen atoms in total. The second-order valence-corrected chi connectivity index (χ2v) is 7.04. The maximum Gasteiger partial charge on any atom is 0.313 e. The molecule has 0 fully saturated rings. The maximum atomic E-state index is 12.2. The third-order valence-corrected chi connectivity index (χ3v) is 4.80. The highest BCUT2D eigenvalue weighted by Crippen LogP contribution is 2.21. The number of pyridine rings is 1. The van der Waals surface area contributed by atoms with E-state index >= 15 is 0 Å². The van der Waals surface area contributed by atoms with Crippen LogP contribution >= 0.6 is 0 Å². The van der Waals surface area contributed by atoms with Crippen LogP contribution in [-0.4, -0.2) is 33.0 Å². The van der Waals surface area contributed by atoms with Crippen molar-refractivity contribution in [2.45, 2.75) is 32.2 Å². The van der Waals surface area contributed by atoms with Gasteiger partial charge < -0.3 is 15.4 Å². The summed E-state index contributed by atoms with van der Waals surface area (Å²) in [5, 5.41) is 12.3. The molecule has 1 aliphatic carbocycles. The number of rotatable bonds is 4. The number of carbonyl (C=O) groups is 2. The normalized spacial score (nSPS) is 15.3. The number of fused-ring (bicyclic) bond motifs is 1. The van der Waals surface area contributed by atoms with E-state index in [1.165, 1.54) is 11.8 Å². The van der Waals surface area contributed by atoms with Crippen molar-refractivity contribution < 1.29 is 14.3 Å². The van der Waals surface area contributed by atoms with Crippen LogP contribution in [0, 0.1) is 6.92 Å². The molecular weight excluding hydrogens is 370 g/mol. The van der Waals surface area contributed by atoms with Crippen LogP contribution in [0.2, 0.25) is 0 Å². The maximum absolute atomic E-state index is 12.2. The average molecular weight is 391 g/mol. The number of aromatic amines is 1. The Balaban J connectivity index is 1.30. The van der Waals surface area contributed by atoms with Gasteiger partial charge in [-0.25, -0.2) is 4.98 Å². The Morgan fingerprint density at radius 3 is 2.69 bits per heavy atom. The minimum absolute atomic E-state index is 0.0930. The fraction of sp³-hybridized carbons (Fsp3) is 0.238. The molecule has 148 valence electrons. The van der Waals surface area contributed by atoms with Crippen molar-refractivity contribution in [1.82, 2.24) is 20.5 Å². The third kappa shape index (κ3) is 4.60. The van der Waals surface area contributed by atoms with Crippen LogP contribution in [0.3, 0.4) is 0 Å². The summed E-state index contributed by atoms with van der Waals surface area (Å²) in [6, 6.07) is 10.8. The summed E-state index contributed by atoms with van der Waals surface area (Å²) < 4.78 is 5.65. The van der Waals surface area contributed by atoms with Gasteiger partial charge >= 0.3 is 11.8 Å². The molecule has 0 unspecified atom stereocenters. The fourth-order valence-electron chi connectivity index (χ4n) is 3.21. The molecule has 29 heavy (non-hydrogen) atoms.